The highest BCUT2D eigenvalue weighted by molar-refractivity contribution is 5.94. The minimum atomic E-state index is 0.0184. The Hall–Kier alpha value is -3.20. The topological polar surface area (TPSA) is 78.0 Å². The van der Waals surface area contributed by atoms with Gasteiger partial charge in [0.05, 0.1) is 17.3 Å². The monoisotopic (exact) mass is 308 g/mol. The number of carbonyl (C=O) groups excluding carboxylic acids is 1. The average Bonchev–Trinajstić information content (AvgIpc) is 2.59. The maximum Gasteiger partial charge on any atom is 0.177 e. The molecule has 0 aliphatic carbocycles. The molecule has 0 radical (unpaired) electrons. The maximum absolute atomic E-state index is 11.2. The molecular formula is C17H16N4O2. The predicted molar refractivity (Wildman–Crippen MR) is 85.4 cm³/mol. The first-order chi connectivity index (χ1) is 11.1. The Labute approximate surface area is 134 Å². The van der Waals surface area contributed by atoms with E-state index in [0.29, 0.717) is 22.6 Å². The summed E-state index contributed by atoms with van der Waals surface area (Å²) >= 11 is 0. The Kier molecular flexibility index (Phi) is 5.42. The lowest BCUT2D eigenvalue weighted by Crippen LogP contribution is -2.17. The number of benzene rings is 2. The van der Waals surface area contributed by atoms with Gasteiger partial charge in [0, 0.05) is 12.6 Å². The normalized spacial score (nSPS) is 10.3. The van der Waals surface area contributed by atoms with Crippen molar-refractivity contribution in [1.29, 1.82) is 5.26 Å². The molecule has 0 unspecified atom stereocenters. The molecule has 2 aromatic carbocycles. The van der Waals surface area contributed by atoms with E-state index in [-0.39, 0.29) is 12.5 Å². The zero-order valence-corrected chi connectivity index (χ0v) is 12.9. The fraction of sp³-hybridized carbons (Fsp3) is 0.176. The minimum Gasteiger partial charge on any atom is -0.472 e. The standard InChI is InChI=1S/C17H16N4O2/c1-13(22)15-5-9-17(10-6-15)23-12-21(2)20-19-16-7-3-14(11-18)4-8-16/h3-10H,12H2,1-2H3. The second-order valence-electron chi connectivity index (χ2n) is 4.86. The molecule has 6 heteroatoms. The molecule has 116 valence electrons. The van der Waals surface area contributed by atoms with Gasteiger partial charge in [-0.15, -0.1) is 5.11 Å². The minimum absolute atomic E-state index is 0.0184. The fourth-order valence-electron chi connectivity index (χ4n) is 1.71. The summed E-state index contributed by atoms with van der Waals surface area (Å²) in [7, 11) is 1.73. The SMILES string of the molecule is CC(=O)c1ccc(OCN(C)N=Nc2ccc(C#N)cc2)cc1. The van der Waals surface area contributed by atoms with Crippen molar-refractivity contribution in [3.05, 3.63) is 59.7 Å². The molecule has 0 atom stereocenters. The van der Waals surface area contributed by atoms with Crippen LogP contribution in [0.25, 0.3) is 0 Å². The largest absolute Gasteiger partial charge is 0.472 e. The van der Waals surface area contributed by atoms with Crippen LogP contribution >= 0.6 is 0 Å². The smallest absolute Gasteiger partial charge is 0.177 e. The lowest BCUT2D eigenvalue weighted by Gasteiger charge is -2.12. The summed E-state index contributed by atoms with van der Waals surface area (Å²) in [5.41, 5.74) is 1.88. The second kappa shape index (κ2) is 7.71. The highest BCUT2D eigenvalue weighted by Gasteiger charge is 2.01. The van der Waals surface area contributed by atoms with Crippen molar-refractivity contribution >= 4 is 11.5 Å². The Morgan fingerprint density at radius 2 is 1.83 bits per heavy atom. The molecule has 0 spiro atoms. The van der Waals surface area contributed by atoms with Crippen molar-refractivity contribution in [2.75, 3.05) is 13.8 Å². The molecule has 23 heavy (non-hydrogen) atoms. The van der Waals surface area contributed by atoms with Crippen LogP contribution in [0.1, 0.15) is 22.8 Å². The van der Waals surface area contributed by atoms with Crippen molar-refractivity contribution in [3.8, 4) is 11.8 Å². The molecule has 0 heterocycles. The van der Waals surface area contributed by atoms with Gasteiger partial charge < -0.3 is 4.74 Å². The van der Waals surface area contributed by atoms with Crippen LogP contribution in [0.3, 0.4) is 0 Å². The van der Waals surface area contributed by atoms with E-state index in [9.17, 15) is 4.79 Å². The van der Waals surface area contributed by atoms with Gasteiger partial charge in [0.1, 0.15) is 5.75 Å². The van der Waals surface area contributed by atoms with Crippen LogP contribution in [-0.2, 0) is 0 Å². The van der Waals surface area contributed by atoms with E-state index in [1.165, 1.54) is 11.9 Å². The average molecular weight is 308 g/mol. The van der Waals surface area contributed by atoms with Crippen LogP contribution in [0.4, 0.5) is 5.69 Å². The molecule has 6 nitrogen and oxygen atoms in total. The van der Waals surface area contributed by atoms with Crippen LogP contribution < -0.4 is 4.74 Å². The van der Waals surface area contributed by atoms with Gasteiger partial charge >= 0.3 is 0 Å². The molecule has 0 amide bonds. The Bertz CT molecular complexity index is 731. The molecule has 2 aromatic rings. The number of carbonyl (C=O) groups is 1. The highest BCUT2D eigenvalue weighted by Crippen LogP contribution is 2.15. The fourth-order valence-corrected chi connectivity index (χ4v) is 1.71. The van der Waals surface area contributed by atoms with Gasteiger partial charge in [-0.25, -0.2) is 5.01 Å². The summed E-state index contributed by atoms with van der Waals surface area (Å²) in [4.78, 5) is 11.2. The van der Waals surface area contributed by atoms with Gasteiger partial charge in [0.15, 0.2) is 12.5 Å². The third kappa shape index (κ3) is 4.93. The van der Waals surface area contributed by atoms with Gasteiger partial charge in [-0.1, -0.05) is 5.22 Å². The number of hydrogen-bond donors (Lipinski definition) is 0. The molecule has 2 rings (SSSR count). The van der Waals surface area contributed by atoms with E-state index in [4.69, 9.17) is 10.00 Å². The summed E-state index contributed by atoms with van der Waals surface area (Å²) in [5, 5.41) is 18.3. The van der Waals surface area contributed by atoms with Crippen molar-refractivity contribution < 1.29 is 9.53 Å². The molecule has 0 saturated carbocycles. The van der Waals surface area contributed by atoms with E-state index in [1.54, 1.807) is 55.6 Å². The number of hydrogen-bond acceptors (Lipinski definition) is 5. The van der Waals surface area contributed by atoms with Crippen molar-refractivity contribution in [2.45, 2.75) is 6.92 Å². The summed E-state index contributed by atoms with van der Waals surface area (Å²) < 4.78 is 5.55. The first-order valence-corrected chi connectivity index (χ1v) is 6.95. The number of rotatable bonds is 6. The first-order valence-electron chi connectivity index (χ1n) is 6.95. The van der Waals surface area contributed by atoms with Gasteiger partial charge in [-0.05, 0) is 55.5 Å². The quantitative estimate of drug-likeness (QED) is 0.352. The highest BCUT2D eigenvalue weighted by atomic mass is 16.5. The van der Waals surface area contributed by atoms with E-state index in [0.717, 1.165) is 0 Å². The van der Waals surface area contributed by atoms with Crippen LogP contribution in [0.5, 0.6) is 5.75 Å². The maximum atomic E-state index is 11.2. The van der Waals surface area contributed by atoms with Crippen molar-refractivity contribution in [3.63, 3.8) is 0 Å². The molecule has 0 fully saturated rings. The van der Waals surface area contributed by atoms with Gasteiger partial charge in [0.2, 0.25) is 0 Å². The molecule has 0 saturated heterocycles. The Balaban J connectivity index is 1.86. The predicted octanol–water partition coefficient (Wildman–Crippen LogP) is 3.73. The van der Waals surface area contributed by atoms with Crippen LogP contribution in [0, 0.1) is 11.3 Å². The molecule has 0 aliphatic rings. The van der Waals surface area contributed by atoms with E-state index >= 15 is 0 Å². The lowest BCUT2D eigenvalue weighted by molar-refractivity contribution is 0.101. The summed E-state index contributed by atoms with van der Waals surface area (Å²) in [6, 6.07) is 15.8. The van der Waals surface area contributed by atoms with Crippen LogP contribution in [0.2, 0.25) is 0 Å². The molecule has 0 bridgehead atoms. The number of nitriles is 1. The van der Waals surface area contributed by atoms with E-state index in [1.807, 2.05) is 6.07 Å². The van der Waals surface area contributed by atoms with E-state index in [2.05, 4.69) is 10.3 Å². The zero-order valence-electron chi connectivity index (χ0n) is 12.9. The Morgan fingerprint density at radius 3 is 2.39 bits per heavy atom. The molecular weight excluding hydrogens is 292 g/mol. The molecule has 0 aromatic heterocycles. The summed E-state index contributed by atoms with van der Waals surface area (Å²) in [5.74, 6) is 0.667. The zero-order chi connectivity index (χ0) is 16.7. The Morgan fingerprint density at radius 1 is 1.17 bits per heavy atom. The number of ether oxygens (including phenoxy) is 1. The van der Waals surface area contributed by atoms with Gasteiger partial charge in [-0.3, -0.25) is 4.79 Å². The second-order valence-corrected chi connectivity index (χ2v) is 4.86. The molecule has 0 aliphatic heterocycles. The summed E-state index contributed by atoms with van der Waals surface area (Å²) in [6.45, 7) is 1.74. The van der Waals surface area contributed by atoms with Gasteiger partial charge in [-0.2, -0.15) is 5.26 Å². The number of ketones is 1. The first kappa shape index (κ1) is 16.2. The lowest BCUT2D eigenvalue weighted by atomic mass is 10.1. The van der Waals surface area contributed by atoms with Gasteiger partial charge in [0.25, 0.3) is 0 Å². The molecule has 0 N–H and O–H groups in total. The van der Waals surface area contributed by atoms with Crippen molar-refractivity contribution in [1.82, 2.24) is 5.01 Å². The van der Waals surface area contributed by atoms with E-state index < -0.39 is 0 Å². The van der Waals surface area contributed by atoms with Crippen LogP contribution in [0.15, 0.2) is 58.9 Å². The third-order valence-electron chi connectivity index (χ3n) is 2.99. The van der Waals surface area contributed by atoms with Crippen LogP contribution in [-0.4, -0.2) is 24.6 Å². The van der Waals surface area contributed by atoms with Crippen molar-refractivity contribution in [2.24, 2.45) is 10.3 Å². The summed E-state index contributed by atoms with van der Waals surface area (Å²) in [6.07, 6.45) is 0. The third-order valence-corrected chi connectivity index (χ3v) is 2.99. The number of nitrogens with zero attached hydrogens (tertiary/aromatic N) is 4. The number of Topliss-reactive ketones (excluding diaryl/α,β-unsaturated/α-hetero) is 1.